The van der Waals surface area contributed by atoms with Gasteiger partial charge in [-0.3, -0.25) is 0 Å². The maximum atomic E-state index is 5.00. The molecule has 17 heavy (non-hydrogen) atoms. The van der Waals surface area contributed by atoms with Gasteiger partial charge in [-0.1, -0.05) is 32.4 Å². The molecule has 1 aromatic carbocycles. The quantitative estimate of drug-likeness (QED) is 0.845. The van der Waals surface area contributed by atoms with Crippen molar-refractivity contribution in [3.63, 3.8) is 0 Å². The average molecular weight is 237 g/mol. The van der Waals surface area contributed by atoms with Crippen LogP contribution in [-0.4, -0.2) is 20.2 Å². The normalized spacial score (nSPS) is 13.5. The first-order valence-corrected chi connectivity index (χ1v) is 6.54. The van der Waals surface area contributed by atoms with Crippen LogP contribution in [0.15, 0.2) is 24.3 Å². The van der Waals surface area contributed by atoms with Crippen molar-refractivity contribution in [1.29, 1.82) is 0 Å². The first-order valence-electron chi connectivity index (χ1n) is 6.54. The molecule has 0 saturated heterocycles. The summed E-state index contributed by atoms with van der Waals surface area (Å²) >= 11 is 0. The molecule has 0 unspecified atom stereocenters. The van der Waals surface area contributed by atoms with Crippen LogP contribution in [0.5, 0.6) is 5.75 Å². The molecule has 0 aromatic heterocycles. The molecular weight excluding hydrogens is 210 g/mol. The Balaban J connectivity index is 0.000000278. The van der Waals surface area contributed by atoms with E-state index in [4.69, 9.17) is 4.74 Å². The fourth-order valence-electron chi connectivity index (χ4n) is 1.44. The Labute approximate surface area is 106 Å². The lowest BCUT2D eigenvalue weighted by Gasteiger charge is -2.23. The summed E-state index contributed by atoms with van der Waals surface area (Å²) in [5.41, 5.74) is 1.23. The second-order valence-corrected chi connectivity index (χ2v) is 3.94. The van der Waals surface area contributed by atoms with Gasteiger partial charge in [-0.05, 0) is 44.5 Å². The molecule has 1 aliphatic rings. The third kappa shape index (κ3) is 7.01. The SMILES string of the molecule is CC.CNC1CCC1.COc1cccc(C)c1. The first kappa shape index (κ1) is 16.0. The van der Waals surface area contributed by atoms with E-state index >= 15 is 0 Å². The number of hydrogen-bond donors (Lipinski definition) is 1. The van der Waals surface area contributed by atoms with E-state index < -0.39 is 0 Å². The van der Waals surface area contributed by atoms with Crippen molar-refractivity contribution in [2.45, 2.75) is 46.1 Å². The van der Waals surface area contributed by atoms with Gasteiger partial charge in [-0.15, -0.1) is 0 Å². The Kier molecular flexibility index (Phi) is 9.55. The standard InChI is InChI=1S/C8H10O.C5H11N.C2H6/c1-7-4-3-5-8(6-7)9-2;1-6-5-3-2-4-5;1-2/h3-6H,1-2H3;5-6H,2-4H2,1H3;1-2H3. The van der Waals surface area contributed by atoms with E-state index in [1.807, 2.05) is 52.1 Å². The average Bonchev–Trinajstić information content (AvgIpc) is 2.31. The van der Waals surface area contributed by atoms with E-state index in [1.54, 1.807) is 7.11 Å². The fraction of sp³-hybridized carbons (Fsp3) is 0.600. The molecule has 0 radical (unpaired) electrons. The Morgan fingerprint density at radius 3 is 2.12 bits per heavy atom. The van der Waals surface area contributed by atoms with Gasteiger partial charge in [-0.25, -0.2) is 0 Å². The van der Waals surface area contributed by atoms with Crippen LogP contribution < -0.4 is 10.1 Å². The highest BCUT2D eigenvalue weighted by Crippen LogP contribution is 2.16. The molecule has 2 nitrogen and oxygen atoms in total. The van der Waals surface area contributed by atoms with Crippen molar-refractivity contribution in [1.82, 2.24) is 5.32 Å². The maximum absolute atomic E-state index is 5.00. The Morgan fingerprint density at radius 2 is 1.88 bits per heavy atom. The molecule has 2 rings (SSSR count). The van der Waals surface area contributed by atoms with Gasteiger partial charge >= 0.3 is 0 Å². The molecular formula is C15H27NO. The summed E-state index contributed by atoms with van der Waals surface area (Å²) in [6.45, 7) is 6.04. The first-order chi connectivity index (χ1) is 8.26. The minimum absolute atomic E-state index is 0.866. The third-order valence-corrected chi connectivity index (χ3v) is 2.74. The summed E-state index contributed by atoms with van der Waals surface area (Å²) in [6, 6.07) is 8.83. The van der Waals surface area contributed by atoms with Gasteiger partial charge in [0.1, 0.15) is 5.75 Å². The molecule has 0 spiro atoms. The van der Waals surface area contributed by atoms with E-state index in [0.29, 0.717) is 0 Å². The summed E-state index contributed by atoms with van der Waals surface area (Å²) < 4.78 is 5.00. The van der Waals surface area contributed by atoms with Gasteiger partial charge in [-0.2, -0.15) is 0 Å². The number of hydrogen-bond acceptors (Lipinski definition) is 2. The zero-order chi connectivity index (χ0) is 13.1. The molecule has 1 saturated carbocycles. The molecule has 1 aromatic rings. The number of aryl methyl sites for hydroxylation is 1. The zero-order valence-corrected chi connectivity index (χ0v) is 11.9. The van der Waals surface area contributed by atoms with Gasteiger partial charge in [0.05, 0.1) is 7.11 Å². The van der Waals surface area contributed by atoms with E-state index in [2.05, 4.69) is 5.32 Å². The van der Waals surface area contributed by atoms with E-state index in [-0.39, 0.29) is 0 Å². The second-order valence-electron chi connectivity index (χ2n) is 3.94. The second kappa shape index (κ2) is 10.2. The highest BCUT2D eigenvalue weighted by molar-refractivity contribution is 5.27. The van der Waals surface area contributed by atoms with Crippen LogP contribution in [0.1, 0.15) is 38.7 Å². The number of nitrogens with one attached hydrogen (secondary N) is 1. The van der Waals surface area contributed by atoms with Gasteiger partial charge in [0.25, 0.3) is 0 Å². The number of methoxy groups -OCH3 is 1. The van der Waals surface area contributed by atoms with Gasteiger partial charge < -0.3 is 10.1 Å². The lowest BCUT2D eigenvalue weighted by Crippen LogP contribution is -2.31. The smallest absolute Gasteiger partial charge is 0.119 e. The Morgan fingerprint density at radius 1 is 1.24 bits per heavy atom. The molecule has 98 valence electrons. The summed E-state index contributed by atoms with van der Waals surface area (Å²) in [5.74, 6) is 0.926. The molecule has 0 heterocycles. The molecule has 0 bridgehead atoms. The predicted molar refractivity (Wildman–Crippen MR) is 75.8 cm³/mol. The van der Waals surface area contributed by atoms with Crippen LogP contribution in [0.4, 0.5) is 0 Å². The Bertz CT molecular complexity index is 279. The van der Waals surface area contributed by atoms with Crippen molar-refractivity contribution in [2.75, 3.05) is 14.2 Å². The number of ether oxygens (including phenoxy) is 1. The minimum atomic E-state index is 0.866. The van der Waals surface area contributed by atoms with E-state index in [1.165, 1.54) is 24.8 Å². The highest BCUT2D eigenvalue weighted by atomic mass is 16.5. The summed E-state index contributed by atoms with van der Waals surface area (Å²) in [6.07, 6.45) is 4.23. The number of benzene rings is 1. The summed E-state index contributed by atoms with van der Waals surface area (Å²) in [4.78, 5) is 0. The molecule has 1 aliphatic carbocycles. The Hall–Kier alpha value is -1.02. The molecule has 0 aliphatic heterocycles. The largest absolute Gasteiger partial charge is 0.497 e. The monoisotopic (exact) mass is 237 g/mol. The lowest BCUT2D eigenvalue weighted by molar-refractivity contribution is 0.361. The van der Waals surface area contributed by atoms with Crippen molar-refractivity contribution in [2.24, 2.45) is 0 Å². The zero-order valence-electron chi connectivity index (χ0n) is 11.9. The van der Waals surface area contributed by atoms with Crippen LogP contribution in [0.3, 0.4) is 0 Å². The highest BCUT2D eigenvalue weighted by Gasteiger charge is 2.13. The van der Waals surface area contributed by atoms with E-state index in [0.717, 1.165) is 11.8 Å². The third-order valence-electron chi connectivity index (χ3n) is 2.74. The van der Waals surface area contributed by atoms with E-state index in [9.17, 15) is 0 Å². The summed E-state index contributed by atoms with van der Waals surface area (Å²) in [7, 11) is 3.71. The van der Waals surface area contributed by atoms with Gasteiger partial charge in [0.2, 0.25) is 0 Å². The molecule has 2 heteroatoms. The van der Waals surface area contributed by atoms with Crippen molar-refractivity contribution >= 4 is 0 Å². The molecule has 0 amide bonds. The minimum Gasteiger partial charge on any atom is -0.497 e. The van der Waals surface area contributed by atoms with Crippen LogP contribution in [-0.2, 0) is 0 Å². The predicted octanol–water partition coefficient (Wildman–Crippen LogP) is 3.79. The summed E-state index contributed by atoms with van der Waals surface area (Å²) in [5, 5.41) is 3.20. The van der Waals surface area contributed by atoms with Crippen molar-refractivity contribution in [3.8, 4) is 5.75 Å². The van der Waals surface area contributed by atoms with Crippen LogP contribution >= 0.6 is 0 Å². The molecule has 0 atom stereocenters. The van der Waals surface area contributed by atoms with Crippen molar-refractivity contribution < 1.29 is 4.74 Å². The van der Waals surface area contributed by atoms with Crippen LogP contribution in [0, 0.1) is 6.92 Å². The van der Waals surface area contributed by atoms with Crippen LogP contribution in [0.2, 0.25) is 0 Å². The van der Waals surface area contributed by atoms with Gasteiger partial charge in [0, 0.05) is 6.04 Å². The van der Waals surface area contributed by atoms with Crippen LogP contribution in [0.25, 0.3) is 0 Å². The fourth-order valence-corrected chi connectivity index (χ4v) is 1.44. The molecule has 1 fully saturated rings. The lowest BCUT2D eigenvalue weighted by atomic mass is 9.94. The topological polar surface area (TPSA) is 21.3 Å². The van der Waals surface area contributed by atoms with Gasteiger partial charge in [0.15, 0.2) is 0 Å². The number of rotatable bonds is 2. The molecule has 1 N–H and O–H groups in total. The van der Waals surface area contributed by atoms with Crippen molar-refractivity contribution in [3.05, 3.63) is 29.8 Å². The maximum Gasteiger partial charge on any atom is 0.119 e.